The molecule has 0 bridgehead atoms. The lowest BCUT2D eigenvalue weighted by atomic mass is 10.00. The molecule has 0 aliphatic carbocycles. The van der Waals surface area contributed by atoms with E-state index < -0.39 is 4.92 Å². The fourth-order valence-corrected chi connectivity index (χ4v) is 4.09. The summed E-state index contributed by atoms with van der Waals surface area (Å²) in [4.78, 5) is 13.0. The van der Waals surface area contributed by atoms with Crippen molar-refractivity contribution < 1.29 is 9.31 Å². The van der Waals surface area contributed by atoms with E-state index in [0.29, 0.717) is 22.7 Å². The lowest BCUT2D eigenvalue weighted by Crippen LogP contribution is -2.30. The summed E-state index contributed by atoms with van der Waals surface area (Å²) >= 11 is 6.49. The number of benzene rings is 2. The zero-order valence-corrected chi connectivity index (χ0v) is 15.8. The fourth-order valence-electron chi connectivity index (χ4n) is 3.87. The van der Waals surface area contributed by atoms with E-state index >= 15 is 0 Å². The van der Waals surface area contributed by atoms with Crippen LogP contribution in [0.15, 0.2) is 60.8 Å². The fraction of sp³-hybridized carbons (Fsp3) is 0.238. The molecule has 3 aromatic rings. The van der Waals surface area contributed by atoms with Crippen molar-refractivity contribution in [1.82, 2.24) is 9.47 Å². The van der Waals surface area contributed by atoms with Crippen LogP contribution in [0, 0.1) is 15.9 Å². The Labute approximate surface area is 167 Å². The normalized spacial score (nSPS) is 17.1. The van der Waals surface area contributed by atoms with Gasteiger partial charge in [0.2, 0.25) is 0 Å². The molecule has 0 N–H and O–H groups in total. The summed E-state index contributed by atoms with van der Waals surface area (Å²) in [6, 6.07) is 14.9. The molecule has 0 saturated carbocycles. The van der Waals surface area contributed by atoms with Crippen molar-refractivity contribution in [2.45, 2.75) is 25.6 Å². The number of nitro benzene ring substituents is 1. The molecule has 4 rings (SSSR count). The SMILES string of the molecule is O=[N+]([O-])c1ccc(Cl)c([C@H]2c3cccn3CCCN2Cc2ccccc2F)c1. The molecule has 1 atom stereocenters. The van der Waals surface area contributed by atoms with E-state index in [1.807, 2.05) is 24.4 Å². The molecule has 1 aromatic heterocycles. The first kappa shape index (κ1) is 18.7. The van der Waals surface area contributed by atoms with Gasteiger partial charge in [-0.05, 0) is 30.7 Å². The van der Waals surface area contributed by atoms with E-state index in [-0.39, 0.29) is 17.5 Å². The van der Waals surface area contributed by atoms with Crippen molar-refractivity contribution >= 4 is 17.3 Å². The molecule has 28 heavy (non-hydrogen) atoms. The first-order valence-corrected chi connectivity index (χ1v) is 9.49. The number of non-ortho nitro benzene ring substituents is 1. The van der Waals surface area contributed by atoms with Crippen LogP contribution >= 0.6 is 11.6 Å². The quantitative estimate of drug-likeness (QED) is 0.448. The zero-order valence-electron chi connectivity index (χ0n) is 15.1. The third-order valence-corrected chi connectivity index (χ3v) is 5.51. The molecule has 2 aromatic carbocycles. The van der Waals surface area contributed by atoms with Crippen LogP contribution in [0.2, 0.25) is 5.02 Å². The van der Waals surface area contributed by atoms with Gasteiger partial charge >= 0.3 is 0 Å². The van der Waals surface area contributed by atoms with E-state index in [0.717, 1.165) is 25.2 Å². The Kier molecular flexibility index (Phi) is 5.15. The molecule has 2 heterocycles. The second-order valence-electron chi connectivity index (χ2n) is 6.91. The van der Waals surface area contributed by atoms with E-state index in [4.69, 9.17) is 11.6 Å². The molecule has 0 spiro atoms. The zero-order chi connectivity index (χ0) is 19.7. The second-order valence-corrected chi connectivity index (χ2v) is 7.31. The summed E-state index contributed by atoms with van der Waals surface area (Å²) in [5, 5.41) is 11.8. The molecule has 0 fully saturated rings. The van der Waals surface area contributed by atoms with Crippen LogP contribution in [0.5, 0.6) is 0 Å². The van der Waals surface area contributed by atoms with Crippen molar-refractivity contribution in [3.8, 4) is 0 Å². The van der Waals surface area contributed by atoms with Crippen molar-refractivity contribution in [2.24, 2.45) is 0 Å². The third kappa shape index (κ3) is 3.53. The number of aryl methyl sites for hydroxylation is 1. The van der Waals surface area contributed by atoms with Crippen LogP contribution in [0.1, 0.15) is 29.3 Å². The maximum absolute atomic E-state index is 14.3. The van der Waals surface area contributed by atoms with Gasteiger partial charge in [0.05, 0.1) is 11.0 Å². The molecule has 0 saturated heterocycles. The highest BCUT2D eigenvalue weighted by molar-refractivity contribution is 6.31. The molecular weight excluding hydrogens is 381 g/mol. The second kappa shape index (κ2) is 7.73. The number of nitro groups is 1. The van der Waals surface area contributed by atoms with Crippen LogP contribution in [0.3, 0.4) is 0 Å². The molecule has 0 radical (unpaired) electrons. The van der Waals surface area contributed by atoms with Crippen LogP contribution < -0.4 is 0 Å². The van der Waals surface area contributed by atoms with Gasteiger partial charge in [-0.25, -0.2) is 4.39 Å². The largest absolute Gasteiger partial charge is 0.350 e. The van der Waals surface area contributed by atoms with Gasteiger partial charge in [0.15, 0.2) is 0 Å². The average Bonchev–Trinajstić information content (AvgIpc) is 3.06. The smallest absolute Gasteiger partial charge is 0.269 e. The third-order valence-electron chi connectivity index (χ3n) is 5.17. The molecule has 0 amide bonds. The highest BCUT2D eigenvalue weighted by atomic mass is 35.5. The number of fused-ring (bicyclic) bond motifs is 1. The van der Waals surface area contributed by atoms with E-state index in [1.165, 1.54) is 18.2 Å². The van der Waals surface area contributed by atoms with E-state index in [9.17, 15) is 14.5 Å². The maximum Gasteiger partial charge on any atom is 0.269 e. The van der Waals surface area contributed by atoms with Gasteiger partial charge < -0.3 is 4.57 Å². The molecular formula is C21H19ClFN3O2. The predicted octanol–water partition coefficient (Wildman–Crippen LogP) is 5.18. The summed E-state index contributed by atoms with van der Waals surface area (Å²) in [5.74, 6) is -0.258. The van der Waals surface area contributed by atoms with Crippen LogP contribution in [0.25, 0.3) is 0 Å². The highest BCUT2D eigenvalue weighted by Gasteiger charge is 2.30. The van der Waals surface area contributed by atoms with Gasteiger partial charge in [-0.15, -0.1) is 0 Å². The Morgan fingerprint density at radius 3 is 2.75 bits per heavy atom. The van der Waals surface area contributed by atoms with E-state index in [1.54, 1.807) is 18.2 Å². The molecule has 0 unspecified atom stereocenters. The lowest BCUT2D eigenvalue weighted by molar-refractivity contribution is -0.384. The van der Waals surface area contributed by atoms with E-state index in [2.05, 4.69) is 9.47 Å². The van der Waals surface area contributed by atoms with Crippen molar-refractivity contribution in [2.75, 3.05) is 6.54 Å². The summed E-state index contributed by atoms with van der Waals surface area (Å²) in [5.41, 5.74) is 2.24. The van der Waals surface area contributed by atoms with Crippen LogP contribution in [-0.4, -0.2) is 20.9 Å². The minimum atomic E-state index is -0.420. The first-order chi connectivity index (χ1) is 13.5. The Morgan fingerprint density at radius 1 is 1.14 bits per heavy atom. The minimum Gasteiger partial charge on any atom is -0.350 e. The first-order valence-electron chi connectivity index (χ1n) is 9.11. The highest BCUT2D eigenvalue weighted by Crippen LogP contribution is 2.38. The van der Waals surface area contributed by atoms with Gasteiger partial charge in [0.25, 0.3) is 5.69 Å². The summed E-state index contributed by atoms with van der Waals surface area (Å²) in [7, 11) is 0. The minimum absolute atomic E-state index is 0.00686. The Hall–Kier alpha value is -2.70. The number of nitrogens with zero attached hydrogens (tertiary/aromatic N) is 3. The van der Waals surface area contributed by atoms with Gasteiger partial charge in [-0.2, -0.15) is 0 Å². The standard InChI is InChI=1S/C21H19ClFN3O2/c22-18-9-8-16(26(27)28)13-17(18)21-20-7-3-10-24(20)11-4-12-25(21)14-15-5-1-2-6-19(15)23/h1-3,5-10,13,21H,4,11-12,14H2/t21-/m0/s1. The van der Waals surface area contributed by atoms with Crippen molar-refractivity contribution in [1.29, 1.82) is 0 Å². The Morgan fingerprint density at radius 2 is 1.96 bits per heavy atom. The number of hydrogen-bond donors (Lipinski definition) is 0. The molecule has 7 heteroatoms. The summed E-state index contributed by atoms with van der Waals surface area (Å²) in [6.07, 6.45) is 2.89. The Balaban J connectivity index is 1.83. The maximum atomic E-state index is 14.3. The van der Waals surface area contributed by atoms with Crippen molar-refractivity contribution in [3.05, 3.63) is 98.6 Å². The predicted molar refractivity (Wildman–Crippen MR) is 106 cm³/mol. The number of aromatic nitrogens is 1. The number of rotatable bonds is 4. The monoisotopic (exact) mass is 399 g/mol. The van der Waals surface area contributed by atoms with Gasteiger partial charge in [0, 0.05) is 59.8 Å². The molecule has 5 nitrogen and oxygen atoms in total. The number of hydrogen-bond acceptors (Lipinski definition) is 3. The summed E-state index contributed by atoms with van der Waals surface area (Å²) in [6.45, 7) is 1.94. The van der Waals surface area contributed by atoms with Crippen molar-refractivity contribution in [3.63, 3.8) is 0 Å². The average molecular weight is 400 g/mol. The molecule has 1 aliphatic heterocycles. The molecule has 1 aliphatic rings. The Bertz CT molecular complexity index is 1020. The lowest BCUT2D eigenvalue weighted by Gasteiger charge is -2.31. The van der Waals surface area contributed by atoms with Gasteiger partial charge in [-0.1, -0.05) is 29.8 Å². The van der Waals surface area contributed by atoms with Crippen LogP contribution in [0.4, 0.5) is 10.1 Å². The van der Waals surface area contributed by atoms with Gasteiger partial charge in [0.1, 0.15) is 5.82 Å². The topological polar surface area (TPSA) is 51.3 Å². The molecule has 144 valence electrons. The van der Waals surface area contributed by atoms with Gasteiger partial charge in [-0.3, -0.25) is 15.0 Å². The van der Waals surface area contributed by atoms with Crippen LogP contribution in [-0.2, 0) is 13.1 Å². The number of halogens is 2. The summed E-state index contributed by atoms with van der Waals surface area (Å²) < 4.78 is 16.5.